The summed E-state index contributed by atoms with van der Waals surface area (Å²) in [6, 6.07) is 8.19. The molecule has 2 amide bonds. The monoisotopic (exact) mass is 220 g/mol. The molecule has 0 aromatic heterocycles. The number of benzene rings is 1. The number of amides is 2. The van der Waals surface area contributed by atoms with Crippen LogP contribution in [0.1, 0.15) is 25.0 Å². The van der Waals surface area contributed by atoms with Crippen molar-refractivity contribution in [1.82, 2.24) is 10.2 Å². The van der Waals surface area contributed by atoms with Gasteiger partial charge < -0.3 is 10.2 Å². The Kier molecular flexibility index (Phi) is 4.83. The van der Waals surface area contributed by atoms with Crippen molar-refractivity contribution in [3.8, 4) is 0 Å². The van der Waals surface area contributed by atoms with E-state index in [1.807, 2.05) is 26.0 Å². The standard InChI is InChI=1S/C13H20N2O/c1-4-15(5-2)13(16)14-10-12-8-6-11(3)7-9-12/h6-9H,4-5,10H2,1-3H3,(H,14,16). The average molecular weight is 220 g/mol. The molecule has 0 fully saturated rings. The molecule has 0 heterocycles. The minimum Gasteiger partial charge on any atom is -0.334 e. The molecule has 3 heteroatoms. The smallest absolute Gasteiger partial charge is 0.317 e. The van der Waals surface area contributed by atoms with Gasteiger partial charge >= 0.3 is 6.03 Å². The van der Waals surface area contributed by atoms with E-state index in [0.29, 0.717) is 6.54 Å². The Hall–Kier alpha value is -1.51. The van der Waals surface area contributed by atoms with Gasteiger partial charge in [0.25, 0.3) is 0 Å². The number of urea groups is 1. The SMILES string of the molecule is CCN(CC)C(=O)NCc1ccc(C)cc1. The van der Waals surface area contributed by atoms with Crippen LogP contribution in [0.3, 0.4) is 0 Å². The molecule has 1 N–H and O–H groups in total. The largest absolute Gasteiger partial charge is 0.334 e. The van der Waals surface area contributed by atoms with Crippen LogP contribution >= 0.6 is 0 Å². The second-order valence-corrected chi connectivity index (χ2v) is 3.82. The molecule has 0 radical (unpaired) electrons. The van der Waals surface area contributed by atoms with Gasteiger partial charge in [-0.2, -0.15) is 0 Å². The summed E-state index contributed by atoms with van der Waals surface area (Å²) in [5.74, 6) is 0. The summed E-state index contributed by atoms with van der Waals surface area (Å²) < 4.78 is 0. The van der Waals surface area contributed by atoms with Crippen LogP contribution in [0.2, 0.25) is 0 Å². The van der Waals surface area contributed by atoms with Crippen molar-refractivity contribution >= 4 is 6.03 Å². The third-order valence-corrected chi connectivity index (χ3v) is 2.61. The lowest BCUT2D eigenvalue weighted by atomic mass is 10.1. The van der Waals surface area contributed by atoms with E-state index in [2.05, 4.69) is 24.4 Å². The second kappa shape index (κ2) is 6.16. The van der Waals surface area contributed by atoms with Gasteiger partial charge in [0.2, 0.25) is 0 Å². The van der Waals surface area contributed by atoms with E-state index in [1.54, 1.807) is 4.90 Å². The van der Waals surface area contributed by atoms with Gasteiger partial charge in [0.1, 0.15) is 0 Å². The number of rotatable bonds is 4. The number of hydrogen-bond donors (Lipinski definition) is 1. The van der Waals surface area contributed by atoms with Gasteiger partial charge in [-0.1, -0.05) is 29.8 Å². The van der Waals surface area contributed by atoms with E-state index >= 15 is 0 Å². The van der Waals surface area contributed by atoms with Crippen LogP contribution in [0.25, 0.3) is 0 Å². The van der Waals surface area contributed by atoms with Crippen LogP contribution in [0, 0.1) is 6.92 Å². The summed E-state index contributed by atoms with van der Waals surface area (Å²) in [5, 5.41) is 2.91. The number of nitrogens with zero attached hydrogens (tertiary/aromatic N) is 1. The first kappa shape index (κ1) is 12.6. The van der Waals surface area contributed by atoms with Gasteiger partial charge in [-0.05, 0) is 26.3 Å². The minimum absolute atomic E-state index is 0.00516. The first-order valence-corrected chi connectivity index (χ1v) is 5.75. The maximum Gasteiger partial charge on any atom is 0.317 e. The lowest BCUT2D eigenvalue weighted by Gasteiger charge is -2.19. The minimum atomic E-state index is 0.00516. The predicted molar refractivity (Wildman–Crippen MR) is 66.3 cm³/mol. The quantitative estimate of drug-likeness (QED) is 0.831. The Bertz CT molecular complexity index is 328. The summed E-state index contributed by atoms with van der Waals surface area (Å²) in [5.41, 5.74) is 2.37. The Morgan fingerprint density at radius 2 is 1.75 bits per heavy atom. The number of nitrogens with one attached hydrogen (secondary N) is 1. The topological polar surface area (TPSA) is 32.3 Å². The Morgan fingerprint density at radius 3 is 2.25 bits per heavy atom. The lowest BCUT2D eigenvalue weighted by molar-refractivity contribution is 0.203. The summed E-state index contributed by atoms with van der Waals surface area (Å²) >= 11 is 0. The Balaban J connectivity index is 2.45. The first-order chi connectivity index (χ1) is 7.67. The summed E-state index contributed by atoms with van der Waals surface area (Å²) in [7, 11) is 0. The third-order valence-electron chi connectivity index (χ3n) is 2.61. The van der Waals surface area contributed by atoms with E-state index < -0.39 is 0 Å². The normalized spacial score (nSPS) is 9.94. The van der Waals surface area contributed by atoms with Crippen LogP contribution in [-0.2, 0) is 6.54 Å². The number of hydrogen-bond acceptors (Lipinski definition) is 1. The van der Waals surface area contributed by atoms with Crippen LogP contribution in [0.15, 0.2) is 24.3 Å². The molecule has 1 rings (SSSR count). The first-order valence-electron chi connectivity index (χ1n) is 5.75. The maximum atomic E-state index is 11.7. The fraction of sp³-hybridized carbons (Fsp3) is 0.462. The molecule has 0 aliphatic heterocycles. The molecular formula is C13H20N2O. The number of aryl methyl sites for hydroxylation is 1. The van der Waals surface area contributed by atoms with Crippen LogP contribution in [-0.4, -0.2) is 24.0 Å². The van der Waals surface area contributed by atoms with Gasteiger partial charge in [-0.3, -0.25) is 0 Å². The molecule has 0 unspecified atom stereocenters. The second-order valence-electron chi connectivity index (χ2n) is 3.82. The van der Waals surface area contributed by atoms with Gasteiger partial charge in [0.15, 0.2) is 0 Å². The lowest BCUT2D eigenvalue weighted by Crippen LogP contribution is -2.39. The highest BCUT2D eigenvalue weighted by molar-refractivity contribution is 5.74. The fourth-order valence-corrected chi connectivity index (χ4v) is 1.51. The third kappa shape index (κ3) is 3.57. The van der Waals surface area contributed by atoms with Gasteiger partial charge in [-0.15, -0.1) is 0 Å². The molecule has 0 spiro atoms. The Labute approximate surface area is 97.5 Å². The molecule has 0 aliphatic carbocycles. The van der Waals surface area contributed by atoms with Gasteiger partial charge in [-0.25, -0.2) is 4.79 Å². The van der Waals surface area contributed by atoms with E-state index in [4.69, 9.17) is 0 Å². The van der Waals surface area contributed by atoms with Crippen molar-refractivity contribution in [2.45, 2.75) is 27.3 Å². The van der Waals surface area contributed by atoms with Crippen molar-refractivity contribution in [1.29, 1.82) is 0 Å². The van der Waals surface area contributed by atoms with Crippen LogP contribution in [0.4, 0.5) is 4.79 Å². The predicted octanol–water partition coefficient (Wildman–Crippen LogP) is 2.55. The maximum absolute atomic E-state index is 11.7. The molecule has 3 nitrogen and oxygen atoms in total. The average Bonchev–Trinajstić information content (AvgIpc) is 2.30. The van der Waals surface area contributed by atoms with Crippen LogP contribution < -0.4 is 5.32 Å². The van der Waals surface area contributed by atoms with Crippen molar-refractivity contribution in [3.63, 3.8) is 0 Å². The zero-order valence-corrected chi connectivity index (χ0v) is 10.3. The fourth-order valence-electron chi connectivity index (χ4n) is 1.51. The molecule has 0 saturated heterocycles. The van der Waals surface area contributed by atoms with E-state index in [0.717, 1.165) is 18.7 Å². The molecule has 16 heavy (non-hydrogen) atoms. The molecule has 0 atom stereocenters. The molecule has 1 aromatic carbocycles. The highest BCUT2D eigenvalue weighted by Crippen LogP contribution is 2.02. The van der Waals surface area contributed by atoms with Gasteiger partial charge in [0, 0.05) is 19.6 Å². The molecule has 1 aromatic rings. The number of carbonyl (C=O) groups is 1. The van der Waals surface area contributed by atoms with Crippen molar-refractivity contribution in [2.24, 2.45) is 0 Å². The summed E-state index contributed by atoms with van der Waals surface area (Å²) in [4.78, 5) is 13.4. The van der Waals surface area contributed by atoms with Crippen molar-refractivity contribution in [2.75, 3.05) is 13.1 Å². The van der Waals surface area contributed by atoms with Crippen molar-refractivity contribution < 1.29 is 4.79 Å². The molecule has 0 bridgehead atoms. The molecule has 88 valence electrons. The molecule has 0 saturated carbocycles. The summed E-state index contributed by atoms with van der Waals surface area (Å²) in [6.45, 7) is 8.10. The molecule has 0 aliphatic rings. The zero-order chi connectivity index (χ0) is 12.0. The van der Waals surface area contributed by atoms with E-state index in [-0.39, 0.29) is 6.03 Å². The van der Waals surface area contributed by atoms with E-state index in [1.165, 1.54) is 5.56 Å². The van der Waals surface area contributed by atoms with Crippen molar-refractivity contribution in [3.05, 3.63) is 35.4 Å². The van der Waals surface area contributed by atoms with E-state index in [9.17, 15) is 4.79 Å². The highest BCUT2D eigenvalue weighted by atomic mass is 16.2. The van der Waals surface area contributed by atoms with Crippen LogP contribution in [0.5, 0.6) is 0 Å². The highest BCUT2D eigenvalue weighted by Gasteiger charge is 2.07. The summed E-state index contributed by atoms with van der Waals surface area (Å²) in [6.07, 6.45) is 0. The van der Waals surface area contributed by atoms with Gasteiger partial charge in [0.05, 0.1) is 0 Å². The molecular weight excluding hydrogens is 200 g/mol. The number of carbonyl (C=O) groups excluding carboxylic acids is 1. The zero-order valence-electron chi connectivity index (χ0n) is 10.3. The Morgan fingerprint density at radius 1 is 1.19 bits per heavy atom.